The quantitative estimate of drug-likeness (QED) is 0.859. The molecule has 0 amide bonds. The van der Waals surface area contributed by atoms with E-state index in [1.807, 2.05) is 0 Å². The van der Waals surface area contributed by atoms with Gasteiger partial charge < -0.3 is 5.73 Å². The van der Waals surface area contributed by atoms with Crippen LogP contribution in [0.15, 0.2) is 0 Å². The van der Waals surface area contributed by atoms with Crippen molar-refractivity contribution in [2.75, 3.05) is 6.54 Å². The molecule has 0 aromatic heterocycles. The van der Waals surface area contributed by atoms with Crippen LogP contribution < -0.4 is 5.73 Å². The number of hydrogen-bond donors (Lipinski definition) is 1. The van der Waals surface area contributed by atoms with E-state index in [4.69, 9.17) is 5.73 Å². The van der Waals surface area contributed by atoms with Crippen molar-refractivity contribution in [3.63, 3.8) is 0 Å². The highest BCUT2D eigenvalue weighted by Gasteiger charge is 2.43. The Kier molecular flexibility index (Phi) is 5.35. The zero-order chi connectivity index (χ0) is 14.8. The van der Waals surface area contributed by atoms with Crippen LogP contribution in [0, 0.1) is 5.92 Å². The van der Waals surface area contributed by atoms with Crippen molar-refractivity contribution in [2.45, 2.75) is 82.6 Å². The van der Waals surface area contributed by atoms with E-state index >= 15 is 0 Å². The summed E-state index contributed by atoms with van der Waals surface area (Å²) in [6.07, 6.45) is 2.32. The highest BCUT2D eigenvalue weighted by Crippen LogP contribution is 2.40. The van der Waals surface area contributed by atoms with Crippen LogP contribution in [-0.4, -0.2) is 35.7 Å². The third kappa shape index (κ3) is 3.88. The lowest BCUT2D eigenvalue weighted by molar-refractivity contribution is -0.187. The average Bonchev–Trinajstić information content (AvgIpc) is 2.41. The summed E-state index contributed by atoms with van der Waals surface area (Å²) in [5.74, 6) is -1.10. The number of halogens is 3. The SMILES string of the molecule is CCN(C1CCC(N)CC1)C1CCCC(C(F)(F)F)C1. The molecule has 0 aliphatic heterocycles. The van der Waals surface area contributed by atoms with Crippen LogP contribution >= 0.6 is 0 Å². The highest BCUT2D eigenvalue weighted by molar-refractivity contribution is 4.88. The maximum atomic E-state index is 12.9. The molecule has 2 nitrogen and oxygen atoms in total. The molecule has 0 radical (unpaired) electrons. The van der Waals surface area contributed by atoms with Gasteiger partial charge in [0.1, 0.15) is 0 Å². The van der Waals surface area contributed by atoms with Crippen molar-refractivity contribution in [3.05, 3.63) is 0 Å². The zero-order valence-corrected chi connectivity index (χ0v) is 12.3. The third-order valence-electron chi connectivity index (χ3n) is 5.15. The predicted molar refractivity (Wildman–Crippen MR) is 74.4 cm³/mol. The molecule has 2 unspecified atom stereocenters. The second-order valence-corrected chi connectivity index (χ2v) is 6.46. The summed E-state index contributed by atoms with van der Waals surface area (Å²) < 4.78 is 38.8. The molecule has 0 aromatic carbocycles. The Morgan fingerprint density at radius 1 is 1.00 bits per heavy atom. The fourth-order valence-electron chi connectivity index (χ4n) is 4.01. The lowest BCUT2D eigenvalue weighted by Crippen LogP contribution is -2.49. The van der Waals surface area contributed by atoms with Gasteiger partial charge in [-0.2, -0.15) is 13.2 Å². The van der Waals surface area contributed by atoms with Crippen LogP contribution in [0.4, 0.5) is 13.2 Å². The lowest BCUT2D eigenvalue weighted by Gasteiger charge is -2.43. The molecule has 2 saturated carbocycles. The maximum Gasteiger partial charge on any atom is 0.391 e. The van der Waals surface area contributed by atoms with Gasteiger partial charge in [-0.25, -0.2) is 0 Å². The van der Waals surface area contributed by atoms with Crippen LogP contribution in [0.5, 0.6) is 0 Å². The van der Waals surface area contributed by atoms with E-state index in [2.05, 4.69) is 11.8 Å². The Balaban J connectivity index is 1.96. The monoisotopic (exact) mass is 292 g/mol. The largest absolute Gasteiger partial charge is 0.391 e. The van der Waals surface area contributed by atoms with E-state index in [0.717, 1.165) is 38.6 Å². The fraction of sp³-hybridized carbons (Fsp3) is 1.00. The van der Waals surface area contributed by atoms with E-state index in [0.29, 0.717) is 31.3 Å². The smallest absolute Gasteiger partial charge is 0.328 e. The van der Waals surface area contributed by atoms with Crippen molar-refractivity contribution in [1.82, 2.24) is 4.90 Å². The molecule has 2 fully saturated rings. The summed E-state index contributed by atoms with van der Waals surface area (Å²) >= 11 is 0. The molecule has 0 saturated heterocycles. The number of nitrogens with two attached hydrogens (primary N) is 1. The van der Waals surface area contributed by atoms with Crippen molar-refractivity contribution in [2.24, 2.45) is 11.7 Å². The molecule has 20 heavy (non-hydrogen) atoms. The Morgan fingerprint density at radius 3 is 2.20 bits per heavy atom. The van der Waals surface area contributed by atoms with Gasteiger partial charge in [0.25, 0.3) is 0 Å². The number of rotatable bonds is 3. The van der Waals surface area contributed by atoms with Crippen molar-refractivity contribution in [3.8, 4) is 0 Å². The Morgan fingerprint density at radius 2 is 1.65 bits per heavy atom. The summed E-state index contributed by atoms with van der Waals surface area (Å²) in [5.41, 5.74) is 5.93. The molecule has 118 valence electrons. The molecule has 0 bridgehead atoms. The van der Waals surface area contributed by atoms with E-state index in [1.165, 1.54) is 0 Å². The Hall–Kier alpha value is -0.290. The number of alkyl halides is 3. The Bertz CT molecular complexity index is 298. The van der Waals surface area contributed by atoms with Crippen LogP contribution in [0.2, 0.25) is 0 Å². The van der Waals surface area contributed by atoms with Crippen LogP contribution in [0.1, 0.15) is 58.3 Å². The second kappa shape index (κ2) is 6.65. The van der Waals surface area contributed by atoms with Gasteiger partial charge in [0.05, 0.1) is 5.92 Å². The minimum absolute atomic E-state index is 0.111. The standard InChI is InChI=1S/C15H27F3N2/c1-2-20(13-8-6-12(19)7-9-13)14-5-3-4-11(10-14)15(16,17)18/h11-14H,2-10,19H2,1H3. The summed E-state index contributed by atoms with van der Waals surface area (Å²) in [4.78, 5) is 2.34. The summed E-state index contributed by atoms with van der Waals surface area (Å²) in [6, 6.07) is 0.843. The first kappa shape index (κ1) is 16.1. The van der Waals surface area contributed by atoms with Gasteiger partial charge in [0.15, 0.2) is 0 Å². The van der Waals surface area contributed by atoms with E-state index < -0.39 is 12.1 Å². The van der Waals surface area contributed by atoms with Crippen LogP contribution in [0.3, 0.4) is 0 Å². The van der Waals surface area contributed by atoms with E-state index in [9.17, 15) is 13.2 Å². The van der Waals surface area contributed by atoms with Crippen molar-refractivity contribution < 1.29 is 13.2 Å². The Labute approximate surface area is 119 Å². The molecular weight excluding hydrogens is 265 g/mol. The molecule has 0 heterocycles. The minimum atomic E-state index is -4.02. The molecular formula is C15H27F3N2. The lowest BCUT2D eigenvalue weighted by atomic mass is 9.82. The maximum absolute atomic E-state index is 12.9. The molecule has 0 aromatic rings. The van der Waals surface area contributed by atoms with Gasteiger partial charge in [-0.15, -0.1) is 0 Å². The van der Waals surface area contributed by atoms with Gasteiger partial charge in [-0.1, -0.05) is 13.3 Å². The minimum Gasteiger partial charge on any atom is -0.328 e. The summed E-state index contributed by atoms with van der Waals surface area (Å²) in [7, 11) is 0. The second-order valence-electron chi connectivity index (χ2n) is 6.46. The van der Waals surface area contributed by atoms with Crippen LogP contribution in [-0.2, 0) is 0 Å². The first-order valence-corrected chi connectivity index (χ1v) is 7.99. The van der Waals surface area contributed by atoms with Gasteiger partial charge in [0, 0.05) is 18.1 Å². The normalized spacial score (nSPS) is 36.3. The highest BCUT2D eigenvalue weighted by atomic mass is 19.4. The van der Waals surface area contributed by atoms with Gasteiger partial charge in [0.2, 0.25) is 0 Å². The van der Waals surface area contributed by atoms with Gasteiger partial charge in [-0.3, -0.25) is 4.90 Å². The fourth-order valence-corrected chi connectivity index (χ4v) is 4.01. The molecule has 0 spiro atoms. The van der Waals surface area contributed by atoms with Crippen LogP contribution in [0.25, 0.3) is 0 Å². The van der Waals surface area contributed by atoms with Crippen molar-refractivity contribution >= 4 is 0 Å². The van der Waals surface area contributed by atoms with E-state index in [-0.39, 0.29) is 6.04 Å². The van der Waals surface area contributed by atoms with Gasteiger partial charge in [-0.05, 0) is 51.5 Å². The molecule has 5 heteroatoms. The average molecular weight is 292 g/mol. The molecule has 2 rings (SSSR count). The molecule has 2 aliphatic carbocycles. The summed E-state index contributed by atoms with van der Waals surface area (Å²) in [6.45, 7) is 2.93. The number of nitrogens with zero attached hydrogens (tertiary/aromatic N) is 1. The molecule has 2 N–H and O–H groups in total. The number of hydrogen-bond acceptors (Lipinski definition) is 2. The third-order valence-corrected chi connectivity index (χ3v) is 5.15. The van der Waals surface area contributed by atoms with Crippen molar-refractivity contribution in [1.29, 1.82) is 0 Å². The summed E-state index contributed by atoms with van der Waals surface area (Å²) in [5, 5.41) is 0. The zero-order valence-electron chi connectivity index (χ0n) is 12.3. The predicted octanol–water partition coefficient (Wildman–Crippen LogP) is 3.70. The van der Waals surface area contributed by atoms with E-state index in [1.54, 1.807) is 0 Å². The molecule has 2 atom stereocenters. The first-order valence-electron chi connectivity index (χ1n) is 7.99. The first-order chi connectivity index (χ1) is 9.41. The topological polar surface area (TPSA) is 29.3 Å². The molecule has 2 aliphatic rings. The van der Waals surface area contributed by atoms with Gasteiger partial charge >= 0.3 is 6.18 Å².